The Labute approximate surface area is 247 Å². The maximum atomic E-state index is 10.6. The van der Waals surface area contributed by atoms with E-state index in [2.05, 4.69) is 71.5 Å². The summed E-state index contributed by atoms with van der Waals surface area (Å²) in [6, 6.07) is 0.186. The van der Waals surface area contributed by atoms with Gasteiger partial charge < -0.3 is 21.1 Å². The third-order valence-electron chi connectivity index (χ3n) is 10.6. The van der Waals surface area contributed by atoms with Gasteiger partial charge in [-0.1, -0.05) is 112 Å². The van der Waals surface area contributed by atoms with Crippen LogP contribution in [0.25, 0.3) is 0 Å². The molecule has 3 saturated carbocycles. The van der Waals surface area contributed by atoms with Crippen molar-refractivity contribution >= 4 is 0 Å². The van der Waals surface area contributed by atoms with Crippen LogP contribution in [-0.2, 0) is 0 Å². The first kappa shape index (κ1) is 32.8. The van der Waals surface area contributed by atoms with Crippen LogP contribution in [0.2, 0.25) is 0 Å². The van der Waals surface area contributed by atoms with Crippen LogP contribution in [-0.4, -0.2) is 34.7 Å². The van der Waals surface area contributed by atoms with Crippen molar-refractivity contribution in [1.82, 2.24) is 10.2 Å². The van der Waals surface area contributed by atoms with E-state index < -0.39 is 5.60 Å². The molecule has 0 spiro atoms. The lowest BCUT2D eigenvalue weighted by atomic mass is 9.74. The Bertz CT molecular complexity index is 928. The van der Waals surface area contributed by atoms with Crippen LogP contribution in [0, 0.1) is 40.4 Å². The van der Waals surface area contributed by atoms with Crippen molar-refractivity contribution in [3.05, 3.63) is 49.0 Å². The van der Waals surface area contributed by atoms with Crippen molar-refractivity contribution in [1.29, 1.82) is 0 Å². The van der Waals surface area contributed by atoms with Gasteiger partial charge in [0, 0.05) is 36.1 Å². The highest BCUT2D eigenvalue weighted by atomic mass is 16.3. The number of allylic oxidation sites excluding steroid dienone is 2. The number of piperidine rings is 1. The predicted molar refractivity (Wildman–Crippen MR) is 172 cm³/mol. The Hall–Kier alpha value is -1.68. The van der Waals surface area contributed by atoms with Crippen molar-refractivity contribution in [2.75, 3.05) is 13.1 Å². The van der Waals surface area contributed by atoms with Crippen molar-refractivity contribution < 1.29 is 5.11 Å². The van der Waals surface area contributed by atoms with Crippen molar-refractivity contribution in [3.63, 3.8) is 0 Å². The first-order valence-electron chi connectivity index (χ1n) is 16.2. The zero-order chi connectivity index (χ0) is 30.0. The summed E-state index contributed by atoms with van der Waals surface area (Å²) in [6.45, 7) is 34.5. The molecule has 4 nitrogen and oxygen atoms in total. The molecule has 1 aliphatic heterocycles. The van der Waals surface area contributed by atoms with E-state index in [1.165, 1.54) is 62.6 Å². The Morgan fingerprint density at radius 1 is 1.00 bits per heavy atom. The van der Waals surface area contributed by atoms with Crippen molar-refractivity contribution in [3.8, 4) is 0 Å². The number of fused-ring (bicyclic) bond motifs is 1. The van der Waals surface area contributed by atoms with Gasteiger partial charge in [0.05, 0.1) is 6.04 Å². The van der Waals surface area contributed by atoms with Gasteiger partial charge in [0.15, 0.2) is 0 Å². The van der Waals surface area contributed by atoms with E-state index in [-0.39, 0.29) is 17.2 Å². The molecule has 0 aromatic heterocycles. The second kappa shape index (κ2) is 12.7. The van der Waals surface area contributed by atoms with E-state index in [4.69, 9.17) is 12.3 Å². The van der Waals surface area contributed by atoms with Gasteiger partial charge in [-0.25, -0.2) is 0 Å². The van der Waals surface area contributed by atoms with Gasteiger partial charge in [-0.2, -0.15) is 0 Å². The van der Waals surface area contributed by atoms with E-state index in [9.17, 15) is 5.11 Å². The highest BCUT2D eigenvalue weighted by molar-refractivity contribution is 5.29. The monoisotopic (exact) mass is 553 g/mol. The standard InChI is InChI=1S/C31H53N3O.C5H10/c1-20(17-29(5,6)7)16-25(24-14-12-11-13-15-24)22(3)34-18-26-27(30(26,8)9)28(34)21(2)33-19-31(10,35)23(4)32;1-5-3-2-4-5/h24-28,33,35H,1-4,11-19,32H2,5-10H3;5H,2-4H2,1H3. The molecule has 4 N–H and O–H groups in total. The fourth-order valence-electron chi connectivity index (χ4n) is 7.54. The quantitative estimate of drug-likeness (QED) is 0.226. The highest BCUT2D eigenvalue weighted by Gasteiger charge is 2.67. The van der Waals surface area contributed by atoms with Crippen LogP contribution in [0.1, 0.15) is 113 Å². The summed E-state index contributed by atoms with van der Waals surface area (Å²) >= 11 is 0. The van der Waals surface area contributed by atoms with Crippen LogP contribution in [0.15, 0.2) is 49.0 Å². The lowest BCUT2D eigenvalue weighted by molar-refractivity contribution is 0.0968. The molecule has 5 atom stereocenters. The smallest absolute Gasteiger partial charge is 0.117 e. The Morgan fingerprint density at radius 3 is 2.05 bits per heavy atom. The summed E-state index contributed by atoms with van der Waals surface area (Å²) in [5.41, 5.74) is 9.07. The minimum absolute atomic E-state index is 0.186. The second-order valence-electron chi connectivity index (χ2n) is 16.0. The Balaban J connectivity index is 0.000000792. The number of nitrogens with one attached hydrogen (secondary N) is 1. The zero-order valence-corrected chi connectivity index (χ0v) is 27.2. The molecule has 3 aliphatic carbocycles. The summed E-state index contributed by atoms with van der Waals surface area (Å²) in [5.74, 6) is 3.39. The Kier molecular flexibility index (Phi) is 10.4. The van der Waals surface area contributed by atoms with Crippen LogP contribution >= 0.6 is 0 Å². The summed E-state index contributed by atoms with van der Waals surface area (Å²) in [4.78, 5) is 2.56. The number of nitrogens with two attached hydrogens (primary N) is 1. The fraction of sp³-hybridized carbons (Fsp3) is 0.778. The van der Waals surface area contributed by atoms with Crippen LogP contribution < -0.4 is 11.1 Å². The largest absolute Gasteiger partial charge is 0.400 e. The van der Waals surface area contributed by atoms with Crippen molar-refractivity contribution in [2.24, 2.45) is 46.2 Å². The minimum atomic E-state index is -1.17. The molecule has 0 aromatic carbocycles. The summed E-state index contributed by atoms with van der Waals surface area (Å²) in [7, 11) is 0. The molecule has 4 aliphatic rings. The fourth-order valence-corrected chi connectivity index (χ4v) is 7.54. The number of nitrogens with zero attached hydrogens (tertiary/aromatic N) is 1. The molecule has 5 unspecified atom stereocenters. The molecule has 4 heteroatoms. The number of aliphatic hydroxyl groups is 1. The average molecular weight is 554 g/mol. The molecule has 0 radical (unpaired) electrons. The van der Waals surface area contributed by atoms with Gasteiger partial charge in [0.25, 0.3) is 0 Å². The van der Waals surface area contributed by atoms with Crippen LogP contribution in [0.5, 0.6) is 0 Å². The number of hydrogen-bond donors (Lipinski definition) is 3. The molecule has 0 amide bonds. The highest BCUT2D eigenvalue weighted by Crippen LogP contribution is 2.66. The molecule has 1 saturated heterocycles. The molecule has 228 valence electrons. The predicted octanol–water partition coefficient (Wildman–Crippen LogP) is 8.17. The Morgan fingerprint density at radius 2 is 1.57 bits per heavy atom. The molecular weight excluding hydrogens is 490 g/mol. The summed E-state index contributed by atoms with van der Waals surface area (Å²) < 4.78 is 0. The normalized spacial score (nSPS) is 28.2. The number of hydrogen-bond acceptors (Lipinski definition) is 4. The first-order valence-corrected chi connectivity index (χ1v) is 16.2. The topological polar surface area (TPSA) is 61.5 Å². The molecule has 0 aromatic rings. The van der Waals surface area contributed by atoms with Gasteiger partial charge in [0.1, 0.15) is 5.60 Å². The molecule has 1 heterocycles. The van der Waals surface area contributed by atoms with Gasteiger partial charge in [-0.15, -0.1) is 0 Å². The zero-order valence-electron chi connectivity index (χ0n) is 27.2. The van der Waals surface area contributed by atoms with Gasteiger partial charge in [-0.05, 0) is 67.1 Å². The van der Waals surface area contributed by atoms with E-state index in [0.717, 1.165) is 31.0 Å². The minimum Gasteiger partial charge on any atom is -0.400 e. The molecule has 40 heavy (non-hydrogen) atoms. The molecular formula is C36H63N3O. The third-order valence-corrected chi connectivity index (χ3v) is 10.6. The summed E-state index contributed by atoms with van der Waals surface area (Å²) in [6.07, 6.45) is 13.1. The lowest BCUT2D eigenvalue weighted by Crippen LogP contribution is -2.47. The number of likely N-dealkylation sites (tertiary alicyclic amines) is 1. The molecule has 0 bridgehead atoms. The third kappa shape index (κ3) is 7.99. The maximum Gasteiger partial charge on any atom is 0.117 e. The van der Waals surface area contributed by atoms with E-state index in [1.807, 2.05) is 0 Å². The van der Waals surface area contributed by atoms with E-state index in [0.29, 0.717) is 35.6 Å². The van der Waals surface area contributed by atoms with Crippen LogP contribution in [0.3, 0.4) is 0 Å². The van der Waals surface area contributed by atoms with E-state index in [1.54, 1.807) is 6.92 Å². The first-order chi connectivity index (χ1) is 18.5. The number of rotatable bonds is 11. The average Bonchev–Trinajstić information content (AvgIpc) is 3.16. The van der Waals surface area contributed by atoms with Crippen LogP contribution in [0.4, 0.5) is 0 Å². The second-order valence-corrected chi connectivity index (χ2v) is 16.0. The lowest BCUT2D eigenvalue weighted by Gasteiger charge is -2.42. The molecule has 4 fully saturated rings. The molecule has 4 rings (SSSR count). The van der Waals surface area contributed by atoms with Gasteiger partial charge in [0.2, 0.25) is 0 Å². The SMILES string of the molecule is C=C(CC(C(=C)N1CC2C(C1C(=C)NCC(C)(O)C(=C)N)C2(C)C)C1CCCCC1)CC(C)(C)C.CC1CCC1. The van der Waals surface area contributed by atoms with Gasteiger partial charge >= 0.3 is 0 Å². The van der Waals surface area contributed by atoms with E-state index >= 15 is 0 Å². The van der Waals surface area contributed by atoms with Crippen molar-refractivity contribution in [2.45, 2.75) is 124 Å². The maximum absolute atomic E-state index is 10.6. The summed E-state index contributed by atoms with van der Waals surface area (Å²) in [5, 5.41) is 14.0. The van der Waals surface area contributed by atoms with Gasteiger partial charge in [-0.3, -0.25) is 0 Å².